The summed E-state index contributed by atoms with van der Waals surface area (Å²) in [5, 5.41) is 0. The van der Waals surface area contributed by atoms with Crippen molar-refractivity contribution in [1.29, 1.82) is 0 Å². The first kappa shape index (κ1) is 24.3. The van der Waals surface area contributed by atoms with Gasteiger partial charge in [0, 0.05) is 7.05 Å². The van der Waals surface area contributed by atoms with Gasteiger partial charge in [-0.3, -0.25) is 5.43 Å². The van der Waals surface area contributed by atoms with Crippen LogP contribution in [0.5, 0.6) is 0 Å². The monoisotopic (exact) mass is 409 g/mol. The van der Waals surface area contributed by atoms with Crippen LogP contribution in [0.1, 0.15) is 20.8 Å². The first-order valence-electron chi connectivity index (χ1n) is 7.10. The molecule has 0 aromatic rings. The molecule has 0 aliphatic carbocycles. The summed E-state index contributed by atoms with van der Waals surface area (Å²) in [7, 11) is -3.56. The first-order valence-corrected chi connectivity index (χ1v) is 8.76. The quantitative estimate of drug-likeness (QED) is 0.367. The van der Waals surface area contributed by atoms with Crippen LogP contribution in [0.25, 0.3) is 0 Å². The van der Waals surface area contributed by atoms with E-state index < -0.39 is 39.5 Å². The Morgan fingerprint density at radius 1 is 1.15 bits per heavy atom. The van der Waals surface area contributed by atoms with Crippen molar-refractivity contribution in [2.75, 3.05) is 12.8 Å². The molecule has 0 aliphatic heterocycles. The van der Waals surface area contributed by atoms with Gasteiger partial charge in [0.15, 0.2) is 0 Å². The molecule has 0 aromatic heterocycles. The van der Waals surface area contributed by atoms with E-state index in [-0.39, 0.29) is 11.8 Å². The van der Waals surface area contributed by atoms with E-state index in [1.807, 2.05) is 0 Å². The number of alkyl halides is 6. The van der Waals surface area contributed by atoms with Gasteiger partial charge in [-0.2, -0.15) is 26.3 Å². The molecule has 0 fully saturated rings. The average molecular weight is 409 g/mol. The van der Waals surface area contributed by atoms with Gasteiger partial charge < -0.3 is 4.90 Å². The molecule has 0 unspecified atom stereocenters. The van der Waals surface area contributed by atoms with Gasteiger partial charge in [0.1, 0.15) is 5.82 Å². The highest BCUT2D eigenvalue weighted by atomic mass is 32.2. The minimum atomic E-state index is -5.68. The molecule has 5 nitrogen and oxygen atoms in total. The summed E-state index contributed by atoms with van der Waals surface area (Å²) in [6.07, 6.45) is -6.90. The third-order valence-corrected chi connectivity index (χ3v) is 4.73. The number of nitrogens with one attached hydrogen (secondary N) is 2. The lowest BCUT2D eigenvalue weighted by molar-refractivity contribution is -0.327. The van der Waals surface area contributed by atoms with Crippen LogP contribution in [-0.2, 0) is 10.0 Å². The van der Waals surface area contributed by atoms with Crippen molar-refractivity contribution in [1.82, 2.24) is 15.2 Å². The van der Waals surface area contributed by atoms with Crippen LogP contribution < -0.4 is 10.3 Å². The van der Waals surface area contributed by atoms with Crippen LogP contribution in [0.15, 0.2) is 36.2 Å². The van der Waals surface area contributed by atoms with Crippen molar-refractivity contribution < 1.29 is 34.8 Å². The zero-order valence-electron chi connectivity index (χ0n) is 14.6. The van der Waals surface area contributed by atoms with Gasteiger partial charge in [0.25, 0.3) is 0 Å². The number of hydrogen-bond acceptors (Lipinski definition) is 4. The summed E-state index contributed by atoms with van der Waals surface area (Å²) in [5.41, 5.74) is -1.73. The van der Waals surface area contributed by atoms with Crippen molar-refractivity contribution in [2.24, 2.45) is 0 Å². The summed E-state index contributed by atoms with van der Waals surface area (Å²) >= 11 is 0. The van der Waals surface area contributed by atoms with Crippen LogP contribution in [0.2, 0.25) is 0 Å². The second-order valence-corrected chi connectivity index (χ2v) is 7.28. The Hall–Kier alpha value is -1.69. The third-order valence-electron chi connectivity index (χ3n) is 3.68. The van der Waals surface area contributed by atoms with Crippen LogP contribution in [-0.4, -0.2) is 44.0 Å². The van der Waals surface area contributed by atoms with Crippen LogP contribution in [0.3, 0.4) is 0 Å². The van der Waals surface area contributed by atoms with Gasteiger partial charge in [-0.25, -0.2) is 8.42 Å². The molecule has 0 bridgehead atoms. The molecule has 0 saturated carbocycles. The molecule has 0 atom stereocenters. The lowest BCUT2D eigenvalue weighted by Crippen LogP contribution is -2.65. The smallest absolute Gasteiger partial charge is 0.339 e. The Balaban J connectivity index is 5.19. The number of rotatable bonds is 8. The highest BCUT2D eigenvalue weighted by molar-refractivity contribution is 7.89. The number of halogens is 6. The number of sulfonamides is 1. The van der Waals surface area contributed by atoms with Gasteiger partial charge in [-0.05, 0) is 20.8 Å². The predicted octanol–water partition coefficient (Wildman–Crippen LogP) is 3.22. The van der Waals surface area contributed by atoms with Crippen LogP contribution in [0, 0.1) is 0 Å². The van der Waals surface area contributed by atoms with Crippen molar-refractivity contribution in [2.45, 2.75) is 38.7 Å². The molecule has 0 aromatic carbocycles. The molecule has 0 heterocycles. The van der Waals surface area contributed by atoms with Gasteiger partial charge in [0.2, 0.25) is 15.6 Å². The summed E-state index contributed by atoms with van der Waals surface area (Å²) in [4.78, 5) is 1.46. The highest BCUT2D eigenvalue weighted by Crippen LogP contribution is 2.47. The minimum absolute atomic E-state index is 0.0725. The predicted molar refractivity (Wildman–Crippen MR) is 86.0 cm³/mol. The minimum Gasteiger partial charge on any atom is -0.339 e. The maximum atomic E-state index is 13.0. The fraction of sp³-hybridized carbons (Fsp3) is 0.571. The van der Waals surface area contributed by atoms with E-state index in [2.05, 4.69) is 6.58 Å². The van der Waals surface area contributed by atoms with Crippen molar-refractivity contribution >= 4 is 10.0 Å². The van der Waals surface area contributed by atoms with Gasteiger partial charge in [0.05, 0.1) is 5.75 Å². The van der Waals surface area contributed by atoms with Gasteiger partial charge in [-0.15, -0.1) is 4.83 Å². The number of hydrogen-bond donors (Lipinski definition) is 2. The SMILES string of the molecule is C=C(NNS(=O)(=O)C/C=C\C(C)=C/C)N(C)C(C)(C(F)(F)F)C(F)(F)F. The summed E-state index contributed by atoms with van der Waals surface area (Å²) in [6.45, 7) is 6.40. The molecule has 0 spiro atoms. The zero-order chi connectivity index (χ0) is 21.0. The Bertz CT molecular complexity index is 651. The van der Waals surface area contributed by atoms with E-state index in [1.54, 1.807) is 30.2 Å². The largest absolute Gasteiger partial charge is 0.420 e. The second kappa shape index (κ2) is 8.33. The lowest BCUT2D eigenvalue weighted by Gasteiger charge is -2.43. The fourth-order valence-electron chi connectivity index (χ4n) is 1.53. The summed E-state index contributed by atoms with van der Waals surface area (Å²) in [6, 6.07) is 0. The van der Waals surface area contributed by atoms with Crippen LogP contribution in [0.4, 0.5) is 26.3 Å². The van der Waals surface area contributed by atoms with Gasteiger partial charge in [-0.1, -0.05) is 30.4 Å². The second-order valence-electron chi connectivity index (χ2n) is 5.52. The average Bonchev–Trinajstić information content (AvgIpc) is 2.48. The molecular formula is C14H21F6N3O2S. The normalized spacial score (nSPS) is 14.6. The highest BCUT2D eigenvalue weighted by Gasteiger charge is 2.70. The molecule has 26 heavy (non-hydrogen) atoms. The Morgan fingerprint density at radius 2 is 1.62 bits per heavy atom. The molecule has 0 aliphatic rings. The summed E-state index contributed by atoms with van der Waals surface area (Å²) in [5.74, 6) is -1.47. The maximum Gasteiger partial charge on any atom is 0.420 e. The lowest BCUT2D eigenvalue weighted by atomic mass is 9.99. The van der Waals surface area contributed by atoms with E-state index in [4.69, 9.17) is 0 Å². The molecule has 2 N–H and O–H groups in total. The van der Waals surface area contributed by atoms with Crippen LogP contribution >= 0.6 is 0 Å². The Kier molecular flexibility index (Phi) is 7.79. The molecule has 0 saturated heterocycles. The Labute approximate surface area is 148 Å². The molecule has 0 amide bonds. The summed E-state index contributed by atoms with van der Waals surface area (Å²) < 4.78 is 101. The molecule has 12 heteroatoms. The standard InChI is InChI=1S/C14H21F6N3O2S/c1-6-10(2)8-7-9-26(24,25)22-21-11(3)23(5)12(4,13(15,16)17)14(18,19)20/h6-8,21-22H,3,9H2,1-2,4-5H3/b8-7-,10-6-. The zero-order valence-corrected chi connectivity index (χ0v) is 15.4. The first-order chi connectivity index (χ1) is 11.5. The maximum absolute atomic E-state index is 13.0. The molecule has 0 rings (SSSR count). The number of allylic oxidation sites excluding steroid dienone is 3. The van der Waals surface area contributed by atoms with E-state index in [9.17, 15) is 34.8 Å². The fourth-order valence-corrected chi connectivity index (χ4v) is 2.24. The Morgan fingerprint density at radius 3 is 2.00 bits per heavy atom. The third kappa shape index (κ3) is 5.94. The van der Waals surface area contributed by atoms with E-state index in [0.29, 0.717) is 7.05 Å². The molecule has 152 valence electrons. The topological polar surface area (TPSA) is 61.4 Å². The van der Waals surface area contributed by atoms with Crippen molar-refractivity contribution in [3.8, 4) is 0 Å². The van der Waals surface area contributed by atoms with Crippen molar-refractivity contribution in [3.63, 3.8) is 0 Å². The molecular weight excluding hydrogens is 388 g/mol. The number of hydrazine groups is 1. The molecule has 0 radical (unpaired) electrons. The van der Waals surface area contributed by atoms with Crippen molar-refractivity contribution in [3.05, 3.63) is 36.2 Å². The van der Waals surface area contributed by atoms with E-state index >= 15 is 0 Å². The van der Waals surface area contributed by atoms with E-state index in [0.717, 1.165) is 5.57 Å². The van der Waals surface area contributed by atoms with E-state index in [1.165, 1.54) is 12.2 Å². The number of nitrogens with zero attached hydrogens (tertiary/aromatic N) is 1. The van der Waals surface area contributed by atoms with Gasteiger partial charge >= 0.3 is 12.4 Å².